The average Bonchev–Trinajstić information content (AvgIpc) is 3.78. The Morgan fingerprint density at radius 2 is 1.07 bits per heavy atom. The molecule has 4 heterocycles. The number of hydrogen-bond acceptors (Lipinski definition) is 5. The Morgan fingerprint density at radius 3 is 1.71 bits per heavy atom. The van der Waals surface area contributed by atoms with Crippen LogP contribution in [0.1, 0.15) is 11.3 Å². The number of nitrogens with zero attached hydrogens (tertiary/aromatic N) is 7. The summed E-state index contributed by atoms with van der Waals surface area (Å²) in [6.07, 6.45) is 7.44. The molecule has 0 saturated heterocycles. The van der Waals surface area contributed by atoms with E-state index in [0.29, 0.717) is 17.7 Å². The summed E-state index contributed by atoms with van der Waals surface area (Å²) in [5.41, 5.74) is 5.78. The number of hydrogen-bond donors (Lipinski definition) is 0. The van der Waals surface area contributed by atoms with E-state index in [-0.39, 0.29) is 0 Å². The molecule has 0 aliphatic heterocycles. The van der Waals surface area contributed by atoms with Gasteiger partial charge in [0.2, 0.25) is 11.9 Å². The summed E-state index contributed by atoms with van der Waals surface area (Å²) in [6.45, 7) is 5.78. The standard InChI is InChI=1S/C50H37N7Si/c1-35-41(29-31-51-2)42-25-12-14-27-45(42)56(35)49-53-48(54-50(55-49)57-46-28-15-13-26-43(46)44-30-32-52-34-47(44)57)36-17-16-24-40(33-36)58(37-18-6-3-7-19-37,38-20-8-4-9-21-38)39-22-10-5-11-23-39/h3-34H,2H2,1H3/b31-29-. The Bertz CT molecular complexity index is 3000. The fourth-order valence-electron chi connectivity index (χ4n) is 8.66. The highest BCUT2D eigenvalue weighted by molar-refractivity contribution is 7.19. The van der Waals surface area contributed by atoms with Crippen molar-refractivity contribution in [2.45, 2.75) is 6.92 Å². The summed E-state index contributed by atoms with van der Waals surface area (Å²) in [5.74, 6) is 1.58. The summed E-state index contributed by atoms with van der Waals surface area (Å²) in [5, 5.41) is 8.35. The fraction of sp³-hybridized carbons (Fsp3) is 0.0200. The van der Waals surface area contributed by atoms with Crippen molar-refractivity contribution in [2.24, 2.45) is 4.99 Å². The largest absolute Gasteiger partial charge is 0.282 e. The van der Waals surface area contributed by atoms with E-state index in [1.54, 1.807) is 6.20 Å². The monoisotopic (exact) mass is 763 g/mol. The maximum Gasteiger partial charge on any atom is 0.240 e. The van der Waals surface area contributed by atoms with Crippen LogP contribution in [0.3, 0.4) is 0 Å². The van der Waals surface area contributed by atoms with Gasteiger partial charge in [-0.2, -0.15) is 15.0 Å². The lowest BCUT2D eigenvalue weighted by Gasteiger charge is -2.34. The summed E-state index contributed by atoms with van der Waals surface area (Å²) in [6, 6.07) is 60.4. The molecule has 6 aromatic carbocycles. The van der Waals surface area contributed by atoms with Crippen LogP contribution in [0, 0.1) is 6.92 Å². The van der Waals surface area contributed by atoms with Gasteiger partial charge in [-0.25, -0.2) is 0 Å². The second-order valence-corrected chi connectivity index (χ2v) is 18.1. The molecule has 0 aliphatic carbocycles. The highest BCUT2D eigenvalue weighted by atomic mass is 28.3. The van der Waals surface area contributed by atoms with E-state index in [0.717, 1.165) is 49.5 Å². The highest BCUT2D eigenvalue weighted by Gasteiger charge is 2.41. The van der Waals surface area contributed by atoms with Crippen LogP contribution in [0.4, 0.5) is 0 Å². The molecule has 10 rings (SSSR count). The van der Waals surface area contributed by atoms with Crippen LogP contribution in [0.15, 0.2) is 193 Å². The van der Waals surface area contributed by atoms with Gasteiger partial charge in [-0.15, -0.1) is 0 Å². The van der Waals surface area contributed by atoms with E-state index in [1.165, 1.54) is 20.7 Å². The number of aromatic nitrogens is 6. The maximum absolute atomic E-state index is 5.36. The summed E-state index contributed by atoms with van der Waals surface area (Å²) in [7, 11) is -2.85. The minimum Gasteiger partial charge on any atom is -0.282 e. The molecule has 0 fully saturated rings. The van der Waals surface area contributed by atoms with Gasteiger partial charge in [0.1, 0.15) is 0 Å². The van der Waals surface area contributed by atoms with Crippen LogP contribution in [0.2, 0.25) is 0 Å². The van der Waals surface area contributed by atoms with Crippen molar-refractivity contribution < 1.29 is 0 Å². The van der Waals surface area contributed by atoms with Crippen molar-refractivity contribution in [3.8, 4) is 23.3 Å². The Balaban J connectivity index is 1.28. The predicted octanol–water partition coefficient (Wildman–Crippen LogP) is 8.33. The molecule has 8 heteroatoms. The van der Waals surface area contributed by atoms with Crippen molar-refractivity contribution in [1.82, 2.24) is 29.1 Å². The highest BCUT2D eigenvalue weighted by Crippen LogP contribution is 2.33. The van der Waals surface area contributed by atoms with Gasteiger partial charge in [-0.1, -0.05) is 152 Å². The first-order valence-electron chi connectivity index (χ1n) is 19.3. The molecule has 0 aliphatic rings. The zero-order valence-electron chi connectivity index (χ0n) is 31.8. The number of rotatable bonds is 9. The molecular weight excluding hydrogens is 727 g/mol. The summed E-state index contributed by atoms with van der Waals surface area (Å²) in [4.78, 5) is 24.6. The number of benzene rings is 6. The quantitative estimate of drug-likeness (QED) is 0.0843. The number of aliphatic imine (C=N–C) groups is 1. The lowest BCUT2D eigenvalue weighted by molar-refractivity contribution is 0.865. The average molecular weight is 764 g/mol. The maximum atomic E-state index is 5.36. The fourth-order valence-corrected chi connectivity index (χ4v) is 13.5. The summed E-state index contributed by atoms with van der Waals surface area (Å²) < 4.78 is 4.23. The summed E-state index contributed by atoms with van der Waals surface area (Å²) >= 11 is 0. The van der Waals surface area contributed by atoms with Gasteiger partial charge in [0.15, 0.2) is 13.9 Å². The van der Waals surface area contributed by atoms with Crippen molar-refractivity contribution in [1.29, 1.82) is 0 Å². The van der Waals surface area contributed by atoms with Crippen LogP contribution < -0.4 is 20.7 Å². The van der Waals surface area contributed by atoms with E-state index in [4.69, 9.17) is 15.0 Å². The molecule has 0 radical (unpaired) electrons. The van der Waals surface area contributed by atoms with E-state index in [9.17, 15) is 0 Å². The van der Waals surface area contributed by atoms with Crippen LogP contribution in [0.5, 0.6) is 0 Å². The first kappa shape index (κ1) is 34.9. The second kappa shape index (κ2) is 14.5. The third kappa shape index (κ3) is 5.61. The molecular formula is C50H37N7Si. The Labute approximate surface area is 337 Å². The Hall–Kier alpha value is -7.55. The first-order chi connectivity index (χ1) is 28.7. The van der Waals surface area contributed by atoms with Gasteiger partial charge in [-0.3, -0.25) is 19.1 Å². The van der Waals surface area contributed by atoms with E-state index < -0.39 is 8.07 Å². The molecule has 0 bridgehead atoms. The topological polar surface area (TPSA) is 73.8 Å². The molecule has 4 aromatic heterocycles. The number of para-hydroxylation sites is 2. The SMILES string of the molecule is C=N/C=C\c1c(C)n(-c2nc(-c3cccc([Si](c4ccccc4)(c4ccccc4)c4ccccc4)c3)nc(-n3c4ccccc4c4ccncc43)n2)c2ccccc12. The van der Waals surface area contributed by atoms with Crippen molar-refractivity contribution in [3.05, 3.63) is 200 Å². The lowest BCUT2D eigenvalue weighted by Crippen LogP contribution is -2.74. The van der Waals surface area contributed by atoms with Crippen LogP contribution in [0.25, 0.3) is 62.1 Å². The Morgan fingerprint density at radius 1 is 0.534 bits per heavy atom. The van der Waals surface area contributed by atoms with Gasteiger partial charge >= 0.3 is 0 Å². The molecule has 58 heavy (non-hydrogen) atoms. The minimum atomic E-state index is -2.85. The molecule has 0 amide bonds. The molecule has 7 nitrogen and oxygen atoms in total. The molecule has 0 saturated carbocycles. The third-order valence-electron chi connectivity index (χ3n) is 11.2. The molecule has 10 aromatic rings. The Kier molecular flexibility index (Phi) is 8.73. The molecule has 0 atom stereocenters. The van der Waals surface area contributed by atoms with E-state index >= 15 is 0 Å². The zero-order chi connectivity index (χ0) is 39.1. The number of fused-ring (bicyclic) bond motifs is 4. The van der Waals surface area contributed by atoms with Gasteiger partial charge in [-0.05, 0) is 58.7 Å². The van der Waals surface area contributed by atoms with Crippen LogP contribution in [-0.2, 0) is 0 Å². The smallest absolute Gasteiger partial charge is 0.240 e. The van der Waals surface area contributed by atoms with Gasteiger partial charge in [0.25, 0.3) is 0 Å². The van der Waals surface area contributed by atoms with Crippen molar-refractivity contribution in [3.63, 3.8) is 0 Å². The van der Waals surface area contributed by atoms with Gasteiger partial charge in [0, 0.05) is 45.4 Å². The molecule has 0 N–H and O–H groups in total. The normalized spacial score (nSPS) is 11.9. The second-order valence-electron chi connectivity index (χ2n) is 14.3. The van der Waals surface area contributed by atoms with E-state index in [1.807, 2.05) is 30.6 Å². The van der Waals surface area contributed by atoms with Crippen LogP contribution >= 0.6 is 0 Å². The van der Waals surface area contributed by atoms with Gasteiger partial charge < -0.3 is 0 Å². The molecule has 276 valence electrons. The first-order valence-corrected chi connectivity index (χ1v) is 21.3. The third-order valence-corrected chi connectivity index (χ3v) is 15.9. The van der Waals surface area contributed by atoms with Crippen molar-refractivity contribution >= 4 is 74.3 Å². The van der Waals surface area contributed by atoms with E-state index in [2.05, 4.69) is 190 Å². The van der Waals surface area contributed by atoms with Crippen LogP contribution in [-0.4, -0.2) is 43.9 Å². The molecule has 0 unspecified atom stereocenters. The van der Waals surface area contributed by atoms with Gasteiger partial charge in [0.05, 0.1) is 22.7 Å². The predicted molar refractivity (Wildman–Crippen MR) is 241 cm³/mol. The minimum absolute atomic E-state index is 0.504. The lowest BCUT2D eigenvalue weighted by atomic mass is 10.1. The zero-order valence-corrected chi connectivity index (χ0v) is 32.8. The molecule has 0 spiro atoms. The van der Waals surface area contributed by atoms with Crippen molar-refractivity contribution in [2.75, 3.05) is 0 Å². The number of pyridine rings is 1.